The van der Waals surface area contributed by atoms with E-state index < -0.39 is 30.4 Å². The summed E-state index contributed by atoms with van der Waals surface area (Å²) in [5.41, 5.74) is 5.74. The molecule has 0 amide bonds. The maximum atomic E-state index is 8.39. The van der Waals surface area contributed by atoms with Crippen molar-refractivity contribution in [3.63, 3.8) is 0 Å². The van der Waals surface area contributed by atoms with Crippen LogP contribution < -0.4 is 0 Å². The van der Waals surface area contributed by atoms with Gasteiger partial charge in [-0.25, -0.2) is 0 Å². The molecule has 1 radical (unpaired) electrons. The average molecular weight is 738 g/mol. The van der Waals surface area contributed by atoms with E-state index in [0.29, 0.717) is 22.4 Å². The largest absolute Gasteiger partial charge is 0.305 e. The van der Waals surface area contributed by atoms with Crippen molar-refractivity contribution >= 4 is 0 Å². The van der Waals surface area contributed by atoms with Gasteiger partial charge in [0, 0.05) is 42.1 Å². The molecule has 0 aliphatic heterocycles. The SMILES string of the molecule is [2H]C([2H])([2H])c1c[c-]c(-c2ccc(C([2H])([2H])C(C)(C)C)cn2)cc1.[2H]C([2H])(c1ccc(-c2ccnc(-c3[c-]cccc3)c2)cc1)C(C)(C)C.[Ir]. The standard InChI is InChI=1S/C22H22N.C17H20N.Ir/c1-22(2,3)16-17-9-11-18(12-10-17)20-13-14-23-21(15-20)19-7-5-4-6-8-19;1-13-5-8-15(9-6-13)16-10-7-14(12-18-16)11-17(2,3)4;/h4-7,9-15H,16H2,1-3H3;5-8,10,12H,11H2,1-4H3;/q2*-1;/i16D2;1D3,11D2;. The van der Waals surface area contributed by atoms with E-state index >= 15 is 0 Å². The molecular weight excluding hydrogens is 689 g/mol. The number of aromatic nitrogens is 2. The molecule has 0 saturated carbocycles. The minimum absolute atomic E-state index is 0. The Morgan fingerprint density at radius 3 is 1.95 bits per heavy atom. The second kappa shape index (κ2) is 14.7. The fourth-order valence-electron chi connectivity index (χ4n) is 4.13. The Bertz CT molecular complexity index is 1790. The van der Waals surface area contributed by atoms with E-state index in [1.54, 1.807) is 30.5 Å². The van der Waals surface area contributed by atoms with Gasteiger partial charge in [-0.05, 0) is 63.3 Å². The van der Waals surface area contributed by atoms with Crippen LogP contribution in [0.3, 0.4) is 0 Å². The fourth-order valence-corrected chi connectivity index (χ4v) is 4.13. The van der Waals surface area contributed by atoms with Crippen molar-refractivity contribution in [3.05, 3.63) is 132 Å². The van der Waals surface area contributed by atoms with Crippen LogP contribution in [0.15, 0.2) is 103 Å². The van der Waals surface area contributed by atoms with E-state index in [1.165, 1.54) is 12.3 Å². The maximum absolute atomic E-state index is 8.39. The molecule has 42 heavy (non-hydrogen) atoms. The van der Waals surface area contributed by atoms with Crippen molar-refractivity contribution < 1.29 is 29.7 Å². The molecule has 0 spiro atoms. The summed E-state index contributed by atoms with van der Waals surface area (Å²) in [6.45, 7) is 9.17. The molecule has 0 N–H and O–H groups in total. The molecule has 2 heterocycles. The summed E-state index contributed by atoms with van der Waals surface area (Å²) in [7, 11) is 0. The average Bonchev–Trinajstić information content (AvgIpc) is 3.04. The van der Waals surface area contributed by atoms with Crippen LogP contribution in [0.5, 0.6) is 0 Å². The number of nitrogens with zero attached hydrogens (tertiary/aromatic N) is 2. The topological polar surface area (TPSA) is 25.8 Å². The quantitative estimate of drug-likeness (QED) is 0.168. The van der Waals surface area contributed by atoms with Gasteiger partial charge in [0.05, 0.1) is 0 Å². The van der Waals surface area contributed by atoms with Gasteiger partial charge in [-0.15, -0.1) is 71.3 Å². The Balaban J connectivity index is 0.000000261. The number of hydrogen-bond donors (Lipinski definition) is 0. The third-order valence-corrected chi connectivity index (χ3v) is 5.85. The summed E-state index contributed by atoms with van der Waals surface area (Å²) in [5, 5.41) is 0. The first kappa shape index (κ1) is 24.1. The molecule has 3 heteroatoms. The van der Waals surface area contributed by atoms with Crippen molar-refractivity contribution in [1.29, 1.82) is 0 Å². The zero-order chi connectivity index (χ0) is 35.5. The second-order valence-corrected chi connectivity index (χ2v) is 12.0. The maximum Gasteiger partial charge on any atom is 0.0322 e. The zero-order valence-corrected chi connectivity index (χ0v) is 27.4. The molecular formula is C39H42IrN2-2. The van der Waals surface area contributed by atoms with Crippen molar-refractivity contribution in [3.8, 4) is 33.6 Å². The van der Waals surface area contributed by atoms with Gasteiger partial charge in [0.25, 0.3) is 0 Å². The molecule has 0 saturated heterocycles. The molecule has 0 fully saturated rings. The van der Waals surface area contributed by atoms with Gasteiger partial charge in [0.15, 0.2) is 0 Å². The molecule has 2 nitrogen and oxygen atoms in total. The summed E-state index contributed by atoms with van der Waals surface area (Å²) in [6.07, 6.45) is 0.460. The van der Waals surface area contributed by atoms with Crippen LogP contribution in [0.25, 0.3) is 33.6 Å². The van der Waals surface area contributed by atoms with Crippen LogP contribution in [-0.4, -0.2) is 9.97 Å². The molecule has 2 aromatic heterocycles. The van der Waals surface area contributed by atoms with Gasteiger partial charge in [-0.2, -0.15) is 0 Å². The minimum Gasteiger partial charge on any atom is -0.305 e. The van der Waals surface area contributed by atoms with Crippen LogP contribution in [0, 0.1) is 29.8 Å². The first-order chi connectivity index (χ1) is 22.2. The smallest absolute Gasteiger partial charge is 0.0322 e. The summed E-state index contributed by atoms with van der Waals surface area (Å²) >= 11 is 0. The molecule has 5 aromatic rings. The van der Waals surface area contributed by atoms with E-state index in [4.69, 9.17) is 9.60 Å². The first-order valence-electron chi connectivity index (χ1n) is 17.2. The normalized spacial score (nSPS) is 14.7. The van der Waals surface area contributed by atoms with E-state index in [2.05, 4.69) is 22.1 Å². The van der Waals surface area contributed by atoms with Gasteiger partial charge < -0.3 is 9.97 Å². The Morgan fingerprint density at radius 1 is 0.690 bits per heavy atom. The summed E-state index contributed by atoms with van der Waals surface area (Å²) in [6, 6.07) is 33.8. The van der Waals surface area contributed by atoms with E-state index in [-0.39, 0.29) is 25.7 Å². The molecule has 3 aromatic carbocycles. The molecule has 219 valence electrons. The van der Waals surface area contributed by atoms with E-state index in [9.17, 15) is 0 Å². The zero-order valence-electron chi connectivity index (χ0n) is 32.0. The van der Waals surface area contributed by atoms with Gasteiger partial charge in [-0.3, -0.25) is 0 Å². The van der Waals surface area contributed by atoms with Crippen molar-refractivity contribution in [2.45, 2.75) is 61.1 Å². The Kier molecular flexibility index (Phi) is 8.42. The minimum atomic E-state index is -2.14. The van der Waals surface area contributed by atoms with Crippen LogP contribution in [0.1, 0.15) is 67.8 Å². The molecule has 0 unspecified atom stereocenters. The first-order valence-corrected chi connectivity index (χ1v) is 13.7. The number of aryl methyl sites for hydroxylation is 1. The van der Waals surface area contributed by atoms with Gasteiger partial charge in [0.1, 0.15) is 0 Å². The summed E-state index contributed by atoms with van der Waals surface area (Å²) in [5.74, 6) is 0. The van der Waals surface area contributed by atoms with Crippen molar-refractivity contribution in [2.24, 2.45) is 10.8 Å². The molecule has 5 rings (SSSR count). The third kappa shape index (κ3) is 10.5. The molecule has 0 aliphatic rings. The monoisotopic (exact) mass is 738 g/mol. The predicted octanol–water partition coefficient (Wildman–Crippen LogP) is 10.2. The predicted molar refractivity (Wildman–Crippen MR) is 174 cm³/mol. The van der Waals surface area contributed by atoms with Gasteiger partial charge in [-0.1, -0.05) is 90.9 Å². The third-order valence-electron chi connectivity index (χ3n) is 5.85. The Hall–Kier alpha value is -3.39. The van der Waals surface area contributed by atoms with Crippen LogP contribution >= 0.6 is 0 Å². The number of rotatable bonds is 5. The molecule has 0 bridgehead atoms. The molecule has 0 aliphatic carbocycles. The van der Waals surface area contributed by atoms with Gasteiger partial charge in [0.2, 0.25) is 0 Å². The van der Waals surface area contributed by atoms with Crippen molar-refractivity contribution in [2.75, 3.05) is 0 Å². The fraction of sp³-hybridized carbons (Fsp3) is 0.282. The van der Waals surface area contributed by atoms with Crippen LogP contribution in [-0.2, 0) is 32.9 Å². The number of hydrogen-bond acceptors (Lipinski definition) is 2. The summed E-state index contributed by atoms with van der Waals surface area (Å²) in [4.78, 5) is 8.74. The van der Waals surface area contributed by atoms with E-state index in [1.807, 2.05) is 102 Å². The number of pyridine rings is 2. The van der Waals surface area contributed by atoms with Gasteiger partial charge >= 0.3 is 0 Å². The Labute approximate surface area is 276 Å². The second-order valence-electron chi connectivity index (χ2n) is 12.0. The van der Waals surface area contributed by atoms with Crippen LogP contribution in [0.4, 0.5) is 0 Å². The van der Waals surface area contributed by atoms with E-state index in [0.717, 1.165) is 22.4 Å². The summed E-state index contributed by atoms with van der Waals surface area (Å²) < 4.78 is 55.4. The van der Waals surface area contributed by atoms with Crippen molar-refractivity contribution in [1.82, 2.24) is 9.97 Å². The Morgan fingerprint density at radius 2 is 1.38 bits per heavy atom. The number of benzene rings is 3. The van der Waals surface area contributed by atoms with Crippen LogP contribution in [0.2, 0.25) is 0 Å². The molecule has 0 atom stereocenters.